The first-order valence-electron chi connectivity index (χ1n) is 7.03. The first-order chi connectivity index (χ1) is 9.31. The zero-order valence-corrected chi connectivity index (χ0v) is 11.3. The third-order valence-corrected chi connectivity index (χ3v) is 4.04. The number of fused-ring (bicyclic) bond motifs is 1. The number of benzene rings is 1. The van der Waals surface area contributed by atoms with Crippen molar-refractivity contribution in [3.8, 4) is 0 Å². The molecule has 2 unspecified atom stereocenters. The van der Waals surface area contributed by atoms with Crippen molar-refractivity contribution >= 4 is 0 Å². The van der Waals surface area contributed by atoms with Crippen LogP contribution in [0.3, 0.4) is 0 Å². The van der Waals surface area contributed by atoms with Gasteiger partial charge in [-0.15, -0.1) is 5.10 Å². The number of hydrogen-bond acceptors (Lipinski definition) is 3. The maximum Gasteiger partial charge on any atom is 0.0760 e. The van der Waals surface area contributed by atoms with Crippen molar-refractivity contribution in [2.75, 3.05) is 0 Å². The highest BCUT2D eigenvalue weighted by Gasteiger charge is 2.30. The van der Waals surface area contributed by atoms with Crippen LogP contribution in [0, 0.1) is 0 Å². The number of aryl methyl sites for hydroxylation is 2. The third kappa shape index (κ3) is 2.16. The largest absolute Gasteiger partial charge is 0.322 e. The molecule has 1 aromatic carbocycles. The van der Waals surface area contributed by atoms with Gasteiger partial charge < -0.3 is 5.73 Å². The lowest BCUT2D eigenvalue weighted by Gasteiger charge is -2.20. The Morgan fingerprint density at radius 2 is 2.26 bits per heavy atom. The van der Waals surface area contributed by atoms with E-state index in [0.29, 0.717) is 5.92 Å². The van der Waals surface area contributed by atoms with Crippen LogP contribution in [-0.4, -0.2) is 15.0 Å². The fraction of sp³-hybridized carbons (Fsp3) is 0.467. The summed E-state index contributed by atoms with van der Waals surface area (Å²) in [5.41, 5.74) is 10.4. The zero-order valence-electron chi connectivity index (χ0n) is 11.3. The predicted molar refractivity (Wildman–Crippen MR) is 74.7 cm³/mol. The average molecular weight is 256 g/mol. The maximum absolute atomic E-state index is 6.49. The summed E-state index contributed by atoms with van der Waals surface area (Å²) >= 11 is 0. The normalized spacial score (nSPS) is 19.4. The highest BCUT2D eigenvalue weighted by Crippen LogP contribution is 2.40. The van der Waals surface area contributed by atoms with Crippen molar-refractivity contribution in [2.24, 2.45) is 5.73 Å². The van der Waals surface area contributed by atoms with Gasteiger partial charge in [0.2, 0.25) is 0 Å². The van der Waals surface area contributed by atoms with Crippen LogP contribution in [0.1, 0.15) is 48.5 Å². The van der Waals surface area contributed by atoms with Crippen molar-refractivity contribution in [1.29, 1.82) is 0 Å². The van der Waals surface area contributed by atoms with Crippen LogP contribution in [0.5, 0.6) is 0 Å². The van der Waals surface area contributed by atoms with Gasteiger partial charge in [0, 0.05) is 12.5 Å². The van der Waals surface area contributed by atoms with Crippen LogP contribution < -0.4 is 5.73 Å². The van der Waals surface area contributed by atoms with Gasteiger partial charge in [-0.1, -0.05) is 36.4 Å². The molecule has 0 radical (unpaired) electrons. The summed E-state index contributed by atoms with van der Waals surface area (Å²) in [5, 5.41) is 8.16. The molecule has 3 rings (SSSR count). The molecule has 0 saturated carbocycles. The monoisotopic (exact) mass is 256 g/mol. The second kappa shape index (κ2) is 5.13. The molecule has 2 N–H and O–H groups in total. The number of nitrogens with two attached hydrogens (primary N) is 1. The van der Waals surface area contributed by atoms with E-state index >= 15 is 0 Å². The van der Waals surface area contributed by atoms with Crippen LogP contribution in [0.4, 0.5) is 0 Å². The minimum atomic E-state index is -0.00907. The molecule has 4 heteroatoms. The topological polar surface area (TPSA) is 56.7 Å². The van der Waals surface area contributed by atoms with Gasteiger partial charge in [-0.3, -0.25) is 0 Å². The van der Waals surface area contributed by atoms with E-state index in [1.807, 2.05) is 10.9 Å². The summed E-state index contributed by atoms with van der Waals surface area (Å²) in [4.78, 5) is 0. The maximum atomic E-state index is 6.49. The van der Waals surface area contributed by atoms with Gasteiger partial charge in [0.1, 0.15) is 0 Å². The molecule has 100 valence electrons. The second-order valence-corrected chi connectivity index (χ2v) is 5.25. The van der Waals surface area contributed by atoms with Crippen molar-refractivity contribution in [2.45, 2.75) is 44.7 Å². The van der Waals surface area contributed by atoms with E-state index in [2.05, 4.69) is 41.5 Å². The van der Waals surface area contributed by atoms with Crippen LogP contribution in [-0.2, 0) is 13.0 Å². The van der Waals surface area contributed by atoms with Crippen molar-refractivity contribution in [3.05, 3.63) is 47.3 Å². The molecule has 4 nitrogen and oxygen atoms in total. The molecule has 0 saturated heterocycles. The number of nitrogens with zero attached hydrogens (tertiary/aromatic N) is 3. The molecule has 1 aliphatic rings. The molecule has 1 aliphatic carbocycles. The quantitative estimate of drug-likeness (QED) is 0.914. The fourth-order valence-corrected chi connectivity index (χ4v) is 3.08. The minimum absolute atomic E-state index is 0.00907. The molecule has 1 heterocycles. The van der Waals surface area contributed by atoms with Gasteiger partial charge in [-0.25, -0.2) is 4.68 Å². The molecule has 0 aliphatic heterocycles. The van der Waals surface area contributed by atoms with Gasteiger partial charge in [-0.05, 0) is 30.4 Å². The molecule has 2 atom stereocenters. The van der Waals surface area contributed by atoms with Crippen LogP contribution >= 0.6 is 0 Å². The van der Waals surface area contributed by atoms with Gasteiger partial charge in [0.05, 0.1) is 17.9 Å². The number of rotatable bonds is 4. The highest BCUT2D eigenvalue weighted by molar-refractivity contribution is 5.37. The van der Waals surface area contributed by atoms with Gasteiger partial charge >= 0.3 is 0 Å². The van der Waals surface area contributed by atoms with E-state index in [4.69, 9.17) is 5.73 Å². The lowest BCUT2D eigenvalue weighted by molar-refractivity contribution is 0.478. The first-order valence-corrected chi connectivity index (χ1v) is 7.03. The first kappa shape index (κ1) is 12.4. The summed E-state index contributed by atoms with van der Waals surface area (Å²) in [7, 11) is 0. The Morgan fingerprint density at radius 3 is 3.11 bits per heavy atom. The van der Waals surface area contributed by atoms with Crippen molar-refractivity contribution in [1.82, 2.24) is 15.0 Å². The third-order valence-electron chi connectivity index (χ3n) is 4.04. The van der Waals surface area contributed by atoms with E-state index in [1.54, 1.807) is 0 Å². The SMILES string of the molecule is CCCn1nncc1C(N)C1CCc2ccccc21. The Labute approximate surface area is 113 Å². The van der Waals surface area contributed by atoms with E-state index < -0.39 is 0 Å². The average Bonchev–Trinajstić information content (AvgIpc) is 3.04. The van der Waals surface area contributed by atoms with Crippen LogP contribution in [0.25, 0.3) is 0 Å². The van der Waals surface area contributed by atoms with E-state index in [9.17, 15) is 0 Å². The molecule has 2 aromatic rings. The van der Waals surface area contributed by atoms with E-state index in [1.165, 1.54) is 11.1 Å². The highest BCUT2D eigenvalue weighted by atomic mass is 15.4. The van der Waals surface area contributed by atoms with Crippen LogP contribution in [0.2, 0.25) is 0 Å². The molecule has 0 amide bonds. The standard InChI is InChI=1S/C15H20N4/c1-2-9-19-14(10-17-18-19)15(16)13-8-7-11-5-3-4-6-12(11)13/h3-6,10,13,15H,2,7-9,16H2,1H3. The summed E-state index contributed by atoms with van der Waals surface area (Å²) in [6, 6.07) is 8.62. The lowest BCUT2D eigenvalue weighted by Crippen LogP contribution is -2.22. The molecule has 1 aromatic heterocycles. The van der Waals surface area contributed by atoms with Gasteiger partial charge in [-0.2, -0.15) is 0 Å². The minimum Gasteiger partial charge on any atom is -0.322 e. The fourth-order valence-electron chi connectivity index (χ4n) is 3.08. The van der Waals surface area contributed by atoms with E-state index in [-0.39, 0.29) is 6.04 Å². The Balaban J connectivity index is 1.89. The summed E-state index contributed by atoms with van der Waals surface area (Å²) in [6.07, 6.45) is 5.12. The Bertz CT molecular complexity index is 561. The van der Waals surface area contributed by atoms with Crippen molar-refractivity contribution in [3.63, 3.8) is 0 Å². The predicted octanol–water partition coefficient (Wildman–Crippen LogP) is 2.42. The number of aromatic nitrogens is 3. The van der Waals surface area contributed by atoms with E-state index in [0.717, 1.165) is 31.5 Å². The molecular formula is C15H20N4. The smallest absolute Gasteiger partial charge is 0.0760 e. The Morgan fingerprint density at radius 1 is 1.42 bits per heavy atom. The Hall–Kier alpha value is -1.68. The Kier molecular flexibility index (Phi) is 3.34. The molecule has 0 fully saturated rings. The number of hydrogen-bond donors (Lipinski definition) is 1. The van der Waals surface area contributed by atoms with Crippen molar-refractivity contribution < 1.29 is 0 Å². The van der Waals surface area contributed by atoms with Gasteiger partial charge in [0.25, 0.3) is 0 Å². The lowest BCUT2D eigenvalue weighted by atomic mass is 9.92. The van der Waals surface area contributed by atoms with Crippen LogP contribution in [0.15, 0.2) is 30.5 Å². The molecular weight excluding hydrogens is 236 g/mol. The summed E-state index contributed by atoms with van der Waals surface area (Å²) in [5.74, 6) is 0.394. The molecule has 0 bridgehead atoms. The molecule has 19 heavy (non-hydrogen) atoms. The second-order valence-electron chi connectivity index (χ2n) is 5.25. The molecule has 0 spiro atoms. The zero-order chi connectivity index (χ0) is 13.2. The van der Waals surface area contributed by atoms with Gasteiger partial charge in [0.15, 0.2) is 0 Å². The summed E-state index contributed by atoms with van der Waals surface area (Å²) < 4.78 is 1.95. The summed E-state index contributed by atoms with van der Waals surface area (Å²) in [6.45, 7) is 3.03.